The summed E-state index contributed by atoms with van der Waals surface area (Å²) in [5, 5.41) is 10.6. The summed E-state index contributed by atoms with van der Waals surface area (Å²) >= 11 is 0. The number of urea groups is 1. The molecule has 7 nitrogen and oxygen atoms in total. The van der Waals surface area contributed by atoms with Crippen molar-refractivity contribution in [3.05, 3.63) is 0 Å². The Kier molecular flexibility index (Phi) is 6.27. The average Bonchev–Trinajstić information content (AvgIpc) is 2.53. The Morgan fingerprint density at radius 2 is 2.00 bits per heavy atom. The number of imide groups is 1. The van der Waals surface area contributed by atoms with Gasteiger partial charge in [-0.2, -0.15) is 0 Å². The van der Waals surface area contributed by atoms with Crippen LogP contribution in [0.5, 0.6) is 0 Å². The van der Waals surface area contributed by atoms with E-state index in [4.69, 9.17) is 5.11 Å². The van der Waals surface area contributed by atoms with Crippen LogP contribution in [0, 0.1) is 0 Å². The number of likely N-dealkylation sites (tertiary alicyclic amines) is 1. The Morgan fingerprint density at radius 1 is 1.26 bits per heavy atom. The highest BCUT2D eigenvalue weighted by atomic mass is 16.5. The summed E-state index contributed by atoms with van der Waals surface area (Å²) in [4.78, 5) is 35.1. The largest absolute Gasteiger partial charge is 0.480 e. The van der Waals surface area contributed by atoms with E-state index in [-0.39, 0.29) is 6.04 Å². The fraction of sp³-hybridized carbons (Fsp3) is 0.750. The van der Waals surface area contributed by atoms with Crippen molar-refractivity contribution in [2.75, 3.05) is 19.8 Å². The number of carboxylic acids is 1. The SMILES string of the molecule is CC1CCCCCN1C(=O)NC(=O)COCC(=O)O. The van der Waals surface area contributed by atoms with E-state index >= 15 is 0 Å². The molecule has 1 rings (SSSR count). The number of carbonyl (C=O) groups excluding carboxylic acids is 2. The first-order valence-electron chi connectivity index (χ1n) is 6.40. The molecule has 108 valence electrons. The number of hydrogen-bond acceptors (Lipinski definition) is 4. The van der Waals surface area contributed by atoms with Gasteiger partial charge in [0.25, 0.3) is 5.91 Å². The zero-order chi connectivity index (χ0) is 14.3. The Bertz CT molecular complexity index is 345. The molecule has 0 aromatic rings. The number of carbonyl (C=O) groups is 3. The summed E-state index contributed by atoms with van der Waals surface area (Å²) in [6, 6.07) is -0.325. The van der Waals surface area contributed by atoms with Crippen LogP contribution in [-0.4, -0.2) is 53.7 Å². The van der Waals surface area contributed by atoms with Crippen molar-refractivity contribution in [2.45, 2.75) is 38.6 Å². The van der Waals surface area contributed by atoms with Crippen molar-refractivity contribution in [3.63, 3.8) is 0 Å². The second kappa shape index (κ2) is 7.73. The molecule has 1 unspecified atom stereocenters. The number of ether oxygens (including phenoxy) is 1. The first-order valence-corrected chi connectivity index (χ1v) is 6.40. The van der Waals surface area contributed by atoms with Crippen LogP contribution in [0.4, 0.5) is 4.79 Å². The third-order valence-corrected chi connectivity index (χ3v) is 3.02. The van der Waals surface area contributed by atoms with E-state index in [1.807, 2.05) is 6.92 Å². The quantitative estimate of drug-likeness (QED) is 0.780. The number of nitrogens with one attached hydrogen (secondary N) is 1. The Labute approximate surface area is 111 Å². The highest BCUT2D eigenvalue weighted by Crippen LogP contribution is 2.16. The molecular formula is C12H20N2O5. The number of amides is 3. The molecule has 1 heterocycles. The molecule has 0 radical (unpaired) electrons. The third-order valence-electron chi connectivity index (χ3n) is 3.02. The van der Waals surface area contributed by atoms with Gasteiger partial charge in [0.15, 0.2) is 0 Å². The molecule has 0 saturated carbocycles. The van der Waals surface area contributed by atoms with Crippen LogP contribution in [-0.2, 0) is 14.3 Å². The molecule has 1 aliphatic rings. The van der Waals surface area contributed by atoms with Crippen LogP contribution in [0.2, 0.25) is 0 Å². The maximum atomic E-state index is 11.9. The Balaban J connectivity index is 2.35. The van der Waals surface area contributed by atoms with Crippen LogP contribution >= 0.6 is 0 Å². The van der Waals surface area contributed by atoms with Gasteiger partial charge in [-0.15, -0.1) is 0 Å². The average molecular weight is 272 g/mol. The fourth-order valence-corrected chi connectivity index (χ4v) is 2.03. The standard InChI is InChI=1S/C12H20N2O5/c1-9-5-3-2-4-6-14(9)12(18)13-10(15)7-19-8-11(16)17/h9H,2-8H2,1H3,(H,16,17)(H,13,15,18). The van der Waals surface area contributed by atoms with E-state index in [0.29, 0.717) is 6.54 Å². The molecule has 1 fully saturated rings. The van der Waals surface area contributed by atoms with Crippen molar-refractivity contribution in [3.8, 4) is 0 Å². The molecule has 1 aliphatic heterocycles. The zero-order valence-electron chi connectivity index (χ0n) is 11.1. The van der Waals surface area contributed by atoms with Crippen molar-refractivity contribution < 1.29 is 24.2 Å². The first-order chi connectivity index (χ1) is 9.00. The van der Waals surface area contributed by atoms with Gasteiger partial charge in [0, 0.05) is 12.6 Å². The van der Waals surface area contributed by atoms with Crippen molar-refractivity contribution in [1.29, 1.82) is 0 Å². The summed E-state index contributed by atoms with van der Waals surface area (Å²) < 4.78 is 4.61. The predicted octanol–water partition coefficient (Wildman–Crippen LogP) is 0.588. The number of nitrogens with zero attached hydrogens (tertiary/aromatic N) is 1. The van der Waals surface area contributed by atoms with Gasteiger partial charge in [-0.05, 0) is 19.8 Å². The van der Waals surface area contributed by atoms with Crippen LogP contribution in [0.25, 0.3) is 0 Å². The normalized spacial score (nSPS) is 19.6. The molecule has 1 saturated heterocycles. The molecule has 2 N–H and O–H groups in total. The van der Waals surface area contributed by atoms with Gasteiger partial charge < -0.3 is 14.7 Å². The molecule has 1 atom stereocenters. The summed E-state index contributed by atoms with van der Waals surface area (Å²) in [5.41, 5.74) is 0. The van der Waals surface area contributed by atoms with Crippen LogP contribution in [0.3, 0.4) is 0 Å². The van der Waals surface area contributed by atoms with E-state index < -0.39 is 31.1 Å². The maximum Gasteiger partial charge on any atom is 0.329 e. The van der Waals surface area contributed by atoms with E-state index in [1.165, 1.54) is 0 Å². The van der Waals surface area contributed by atoms with Gasteiger partial charge in [0.05, 0.1) is 0 Å². The summed E-state index contributed by atoms with van der Waals surface area (Å²) in [7, 11) is 0. The highest BCUT2D eigenvalue weighted by Gasteiger charge is 2.23. The lowest BCUT2D eigenvalue weighted by molar-refractivity contribution is -0.143. The third kappa shape index (κ3) is 5.69. The summed E-state index contributed by atoms with van der Waals surface area (Å²) in [6.45, 7) is 1.61. The molecule has 7 heteroatoms. The van der Waals surface area contributed by atoms with Crippen molar-refractivity contribution in [2.24, 2.45) is 0 Å². The zero-order valence-corrected chi connectivity index (χ0v) is 11.1. The lowest BCUT2D eigenvalue weighted by Crippen LogP contribution is -2.47. The minimum Gasteiger partial charge on any atom is -0.480 e. The minimum atomic E-state index is -1.15. The fourth-order valence-electron chi connectivity index (χ4n) is 2.03. The molecule has 0 bridgehead atoms. The Morgan fingerprint density at radius 3 is 2.68 bits per heavy atom. The number of carboxylic acid groups (broad SMARTS) is 1. The summed E-state index contributed by atoms with van der Waals surface area (Å²) in [6.07, 6.45) is 4.03. The maximum absolute atomic E-state index is 11.9. The molecule has 19 heavy (non-hydrogen) atoms. The molecule has 0 spiro atoms. The monoisotopic (exact) mass is 272 g/mol. The molecule has 0 aliphatic carbocycles. The molecule has 3 amide bonds. The van der Waals surface area contributed by atoms with E-state index in [9.17, 15) is 14.4 Å². The van der Waals surface area contributed by atoms with E-state index in [0.717, 1.165) is 25.7 Å². The van der Waals surface area contributed by atoms with Crippen LogP contribution in [0.15, 0.2) is 0 Å². The molecule has 0 aromatic heterocycles. The van der Waals surface area contributed by atoms with Gasteiger partial charge in [-0.25, -0.2) is 9.59 Å². The number of rotatable bonds is 4. The smallest absolute Gasteiger partial charge is 0.329 e. The van der Waals surface area contributed by atoms with Crippen LogP contribution in [0.1, 0.15) is 32.6 Å². The topological polar surface area (TPSA) is 95.9 Å². The summed E-state index contributed by atoms with van der Waals surface area (Å²) in [5.74, 6) is -1.78. The lowest BCUT2D eigenvalue weighted by atomic mass is 10.1. The minimum absolute atomic E-state index is 0.107. The molecular weight excluding hydrogens is 252 g/mol. The number of hydrogen-bond donors (Lipinski definition) is 2. The van der Waals surface area contributed by atoms with Gasteiger partial charge in [-0.3, -0.25) is 10.1 Å². The van der Waals surface area contributed by atoms with Gasteiger partial charge >= 0.3 is 12.0 Å². The lowest BCUT2D eigenvalue weighted by Gasteiger charge is -2.26. The molecule has 0 aromatic carbocycles. The van der Waals surface area contributed by atoms with Crippen LogP contribution < -0.4 is 5.32 Å². The van der Waals surface area contributed by atoms with Gasteiger partial charge in [-0.1, -0.05) is 12.8 Å². The number of aliphatic carboxylic acids is 1. The van der Waals surface area contributed by atoms with Gasteiger partial charge in [0.1, 0.15) is 13.2 Å². The van der Waals surface area contributed by atoms with E-state index in [1.54, 1.807) is 4.90 Å². The Hall–Kier alpha value is -1.63. The predicted molar refractivity (Wildman–Crippen MR) is 66.6 cm³/mol. The van der Waals surface area contributed by atoms with E-state index in [2.05, 4.69) is 10.1 Å². The second-order valence-corrected chi connectivity index (χ2v) is 4.63. The van der Waals surface area contributed by atoms with Gasteiger partial charge in [0.2, 0.25) is 0 Å². The highest BCUT2D eigenvalue weighted by molar-refractivity contribution is 5.95. The second-order valence-electron chi connectivity index (χ2n) is 4.63. The first kappa shape index (κ1) is 15.4. The van der Waals surface area contributed by atoms with Crippen molar-refractivity contribution >= 4 is 17.9 Å². The van der Waals surface area contributed by atoms with Crippen molar-refractivity contribution in [1.82, 2.24) is 10.2 Å².